The molecule has 0 saturated carbocycles. The van der Waals surface area contributed by atoms with Crippen molar-refractivity contribution in [2.75, 3.05) is 5.73 Å². The second-order valence-electron chi connectivity index (χ2n) is 3.61. The molecule has 0 aliphatic heterocycles. The maximum absolute atomic E-state index is 5.87. The molecular weight excluding hydrogens is 216 g/mol. The third kappa shape index (κ3) is 2.55. The van der Waals surface area contributed by atoms with Gasteiger partial charge in [0.05, 0.1) is 0 Å². The van der Waals surface area contributed by atoms with Crippen LogP contribution in [0.2, 0.25) is 0 Å². The highest BCUT2D eigenvalue weighted by Gasteiger charge is 2.02. The molecule has 0 bridgehead atoms. The molecule has 2 aromatic rings. The van der Waals surface area contributed by atoms with Crippen LogP contribution in [0.25, 0.3) is 0 Å². The highest BCUT2D eigenvalue weighted by atomic mass is 32.2. The molecule has 1 heterocycles. The summed E-state index contributed by atoms with van der Waals surface area (Å²) in [6.07, 6.45) is 3.64. The van der Waals surface area contributed by atoms with E-state index in [2.05, 4.69) is 18.0 Å². The summed E-state index contributed by atoms with van der Waals surface area (Å²) in [6.45, 7) is 2.06. The van der Waals surface area contributed by atoms with Gasteiger partial charge in [0.2, 0.25) is 0 Å². The van der Waals surface area contributed by atoms with Gasteiger partial charge >= 0.3 is 0 Å². The summed E-state index contributed by atoms with van der Waals surface area (Å²) in [5.41, 5.74) is 9.17. The number of nitrogens with two attached hydrogens (primary N) is 1. The summed E-state index contributed by atoms with van der Waals surface area (Å²) in [7, 11) is 0. The number of pyridine rings is 1. The molecule has 2 rings (SSSR count). The molecule has 0 amide bonds. The van der Waals surface area contributed by atoms with Crippen LogP contribution in [0, 0.1) is 6.92 Å². The summed E-state index contributed by atoms with van der Waals surface area (Å²) in [4.78, 5) is 5.25. The van der Waals surface area contributed by atoms with Crippen LogP contribution in [0.15, 0.2) is 47.6 Å². The number of benzene rings is 1. The highest BCUT2D eigenvalue weighted by molar-refractivity contribution is 7.98. The van der Waals surface area contributed by atoms with Gasteiger partial charge in [0.25, 0.3) is 0 Å². The van der Waals surface area contributed by atoms with Crippen molar-refractivity contribution in [3.05, 3.63) is 53.9 Å². The van der Waals surface area contributed by atoms with Crippen molar-refractivity contribution in [2.45, 2.75) is 17.6 Å². The van der Waals surface area contributed by atoms with Crippen LogP contribution in [0.1, 0.15) is 11.1 Å². The molecule has 0 fully saturated rings. The Kier molecular flexibility index (Phi) is 3.47. The minimum Gasteiger partial charge on any atom is -0.398 e. The number of rotatable bonds is 3. The van der Waals surface area contributed by atoms with Gasteiger partial charge in [-0.15, -0.1) is 11.8 Å². The van der Waals surface area contributed by atoms with Gasteiger partial charge < -0.3 is 5.73 Å². The van der Waals surface area contributed by atoms with Crippen molar-refractivity contribution in [3.8, 4) is 0 Å². The van der Waals surface area contributed by atoms with E-state index in [1.807, 2.05) is 36.7 Å². The van der Waals surface area contributed by atoms with Crippen LogP contribution in [0.4, 0.5) is 5.69 Å². The van der Waals surface area contributed by atoms with E-state index in [4.69, 9.17) is 5.73 Å². The van der Waals surface area contributed by atoms with Gasteiger partial charge in [-0.2, -0.15) is 0 Å². The normalized spacial score (nSPS) is 10.3. The third-order valence-corrected chi connectivity index (χ3v) is 3.70. The Bertz CT molecular complexity index is 469. The lowest BCUT2D eigenvalue weighted by molar-refractivity contribution is 1.26. The molecule has 82 valence electrons. The lowest BCUT2D eigenvalue weighted by Gasteiger charge is -2.07. The first-order valence-corrected chi connectivity index (χ1v) is 6.13. The van der Waals surface area contributed by atoms with E-state index in [-0.39, 0.29) is 0 Å². The van der Waals surface area contributed by atoms with Gasteiger partial charge in [-0.05, 0) is 42.3 Å². The molecule has 0 spiro atoms. The Morgan fingerprint density at radius 3 is 2.69 bits per heavy atom. The van der Waals surface area contributed by atoms with E-state index < -0.39 is 0 Å². The molecule has 0 atom stereocenters. The molecule has 0 saturated heterocycles. The van der Waals surface area contributed by atoms with E-state index in [1.54, 1.807) is 11.8 Å². The van der Waals surface area contributed by atoms with Crippen LogP contribution in [0.3, 0.4) is 0 Å². The zero-order chi connectivity index (χ0) is 11.4. The number of nitrogen functional groups attached to an aromatic ring is 1. The Balaban J connectivity index is 2.08. The molecule has 1 aromatic carbocycles. The van der Waals surface area contributed by atoms with E-state index in [0.29, 0.717) is 0 Å². The molecule has 0 aliphatic carbocycles. The van der Waals surface area contributed by atoms with Crippen molar-refractivity contribution in [2.24, 2.45) is 0 Å². The van der Waals surface area contributed by atoms with Crippen LogP contribution >= 0.6 is 11.8 Å². The quantitative estimate of drug-likeness (QED) is 0.649. The summed E-state index contributed by atoms with van der Waals surface area (Å²) in [5, 5.41) is 0. The van der Waals surface area contributed by atoms with Gasteiger partial charge in [0, 0.05) is 28.7 Å². The van der Waals surface area contributed by atoms with Gasteiger partial charge in [0.1, 0.15) is 0 Å². The second-order valence-corrected chi connectivity index (χ2v) is 4.63. The molecular formula is C13H14N2S. The monoisotopic (exact) mass is 230 g/mol. The Hall–Kier alpha value is -1.48. The highest BCUT2D eigenvalue weighted by Crippen LogP contribution is 2.28. The predicted octanol–water partition coefficient (Wildman–Crippen LogP) is 3.26. The predicted molar refractivity (Wildman–Crippen MR) is 69.4 cm³/mol. The van der Waals surface area contributed by atoms with Crippen molar-refractivity contribution < 1.29 is 0 Å². The van der Waals surface area contributed by atoms with Crippen LogP contribution in [-0.2, 0) is 5.75 Å². The zero-order valence-electron chi connectivity index (χ0n) is 9.18. The molecule has 1 aromatic heterocycles. The van der Waals surface area contributed by atoms with Gasteiger partial charge in [0.15, 0.2) is 0 Å². The Labute approximate surface area is 99.9 Å². The number of anilines is 1. The average Bonchev–Trinajstić information content (AvgIpc) is 2.32. The number of thioether (sulfide) groups is 1. The summed E-state index contributed by atoms with van der Waals surface area (Å²) < 4.78 is 0. The maximum Gasteiger partial charge on any atom is 0.0354 e. The van der Waals surface area contributed by atoms with E-state index >= 15 is 0 Å². The SMILES string of the molecule is Cc1c(N)cccc1SCc1ccncc1. The second kappa shape index (κ2) is 5.03. The molecule has 2 N–H and O–H groups in total. The van der Waals surface area contributed by atoms with Gasteiger partial charge in [-0.3, -0.25) is 4.98 Å². The van der Waals surface area contributed by atoms with Gasteiger partial charge in [-0.1, -0.05) is 6.07 Å². The van der Waals surface area contributed by atoms with Crippen molar-refractivity contribution in [1.29, 1.82) is 0 Å². The topological polar surface area (TPSA) is 38.9 Å². The lowest BCUT2D eigenvalue weighted by atomic mass is 10.2. The van der Waals surface area contributed by atoms with E-state index in [0.717, 1.165) is 11.4 Å². The molecule has 0 radical (unpaired) electrons. The largest absolute Gasteiger partial charge is 0.398 e. The summed E-state index contributed by atoms with van der Waals surface area (Å²) in [5.74, 6) is 0.951. The van der Waals surface area contributed by atoms with Crippen LogP contribution < -0.4 is 5.73 Å². The lowest BCUT2D eigenvalue weighted by Crippen LogP contribution is -1.91. The fourth-order valence-corrected chi connectivity index (χ4v) is 2.45. The Morgan fingerprint density at radius 2 is 1.94 bits per heavy atom. The van der Waals surface area contributed by atoms with Crippen LogP contribution in [-0.4, -0.2) is 4.98 Å². The number of nitrogens with zero attached hydrogens (tertiary/aromatic N) is 1. The summed E-state index contributed by atoms with van der Waals surface area (Å²) >= 11 is 1.81. The van der Waals surface area contributed by atoms with Crippen LogP contribution in [0.5, 0.6) is 0 Å². The molecule has 16 heavy (non-hydrogen) atoms. The fraction of sp³-hybridized carbons (Fsp3) is 0.154. The first-order chi connectivity index (χ1) is 7.77. The van der Waals surface area contributed by atoms with Crippen molar-refractivity contribution >= 4 is 17.4 Å². The third-order valence-electron chi connectivity index (χ3n) is 2.47. The molecule has 0 aliphatic rings. The van der Waals surface area contributed by atoms with E-state index in [1.165, 1.54) is 16.0 Å². The molecule has 2 nitrogen and oxygen atoms in total. The standard InChI is InChI=1S/C13H14N2S/c1-10-12(14)3-2-4-13(10)16-9-11-5-7-15-8-6-11/h2-8H,9,14H2,1H3. The molecule has 0 unspecified atom stereocenters. The minimum absolute atomic E-state index is 0.861. The number of hydrogen-bond donors (Lipinski definition) is 1. The zero-order valence-corrected chi connectivity index (χ0v) is 10.00. The summed E-state index contributed by atoms with van der Waals surface area (Å²) in [6, 6.07) is 10.1. The number of hydrogen-bond acceptors (Lipinski definition) is 3. The minimum atomic E-state index is 0.861. The number of aromatic nitrogens is 1. The fourth-order valence-electron chi connectivity index (χ4n) is 1.43. The first-order valence-electron chi connectivity index (χ1n) is 5.14. The average molecular weight is 230 g/mol. The van der Waals surface area contributed by atoms with Gasteiger partial charge in [-0.25, -0.2) is 0 Å². The molecule has 3 heteroatoms. The first kappa shape index (κ1) is 11.0. The maximum atomic E-state index is 5.87. The van der Waals surface area contributed by atoms with E-state index in [9.17, 15) is 0 Å². The van der Waals surface area contributed by atoms with Crippen molar-refractivity contribution in [3.63, 3.8) is 0 Å². The van der Waals surface area contributed by atoms with Crippen molar-refractivity contribution in [1.82, 2.24) is 4.98 Å². The Morgan fingerprint density at radius 1 is 1.19 bits per heavy atom. The smallest absolute Gasteiger partial charge is 0.0354 e.